The van der Waals surface area contributed by atoms with Gasteiger partial charge in [0.15, 0.2) is 17.3 Å². The molecule has 0 radical (unpaired) electrons. The van der Waals surface area contributed by atoms with Gasteiger partial charge in [-0.1, -0.05) is 5.21 Å². The zero-order valence-electron chi connectivity index (χ0n) is 17.8. The van der Waals surface area contributed by atoms with Crippen LogP contribution in [-0.4, -0.2) is 69.2 Å². The van der Waals surface area contributed by atoms with Crippen molar-refractivity contribution in [2.45, 2.75) is 84.1 Å². The molecule has 1 aliphatic rings. The average molecular weight is 435 g/mol. The van der Waals surface area contributed by atoms with Crippen molar-refractivity contribution in [1.29, 1.82) is 0 Å². The van der Waals surface area contributed by atoms with Gasteiger partial charge in [-0.3, -0.25) is 4.57 Å². The van der Waals surface area contributed by atoms with Gasteiger partial charge in [0.2, 0.25) is 0 Å². The van der Waals surface area contributed by atoms with E-state index in [1.54, 1.807) is 41.5 Å². The van der Waals surface area contributed by atoms with Crippen LogP contribution in [0.5, 0.6) is 0 Å². The molecule has 0 spiro atoms. The van der Waals surface area contributed by atoms with E-state index in [9.17, 15) is 14.5 Å². The van der Waals surface area contributed by atoms with Gasteiger partial charge >= 0.3 is 13.6 Å². The van der Waals surface area contributed by atoms with E-state index in [0.29, 0.717) is 0 Å². The molecule has 2 rings (SSSR count). The molecular weight excluding hydrogens is 405 g/mol. The number of rotatable bonds is 9. The van der Waals surface area contributed by atoms with Gasteiger partial charge in [-0.05, 0) is 41.5 Å². The molecule has 0 aromatic carbocycles. The third-order valence-corrected chi connectivity index (χ3v) is 6.23. The molecule has 1 aromatic rings. The SMILES string of the molecule is COC(=O)c1cn(C[C@@H]2OC(C)(C)O[C@H]2[C@@H](O)P(=O)(OC(C)C)OC(C)C)nn1. The molecule has 29 heavy (non-hydrogen) atoms. The van der Waals surface area contributed by atoms with Crippen LogP contribution in [0.2, 0.25) is 0 Å². The lowest BCUT2D eigenvalue weighted by Crippen LogP contribution is -2.39. The first-order chi connectivity index (χ1) is 13.4. The Hall–Kier alpha value is -1.36. The predicted molar refractivity (Wildman–Crippen MR) is 101 cm³/mol. The van der Waals surface area contributed by atoms with Gasteiger partial charge in [0.05, 0.1) is 32.1 Å². The van der Waals surface area contributed by atoms with Crippen molar-refractivity contribution in [2.24, 2.45) is 0 Å². The maximum atomic E-state index is 13.3. The van der Waals surface area contributed by atoms with Gasteiger partial charge in [0.25, 0.3) is 0 Å². The van der Waals surface area contributed by atoms with Gasteiger partial charge in [-0.2, -0.15) is 0 Å². The summed E-state index contributed by atoms with van der Waals surface area (Å²) in [7, 11) is -2.71. The number of carbonyl (C=O) groups excluding carboxylic acids is 1. The van der Waals surface area contributed by atoms with Crippen molar-refractivity contribution in [3.63, 3.8) is 0 Å². The van der Waals surface area contributed by atoms with E-state index in [-0.39, 0.29) is 12.2 Å². The fourth-order valence-corrected chi connectivity index (χ4v) is 5.03. The van der Waals surface area contributed by atoms with Crippen molar-refractivity contribution < 1.29 is 37.7 Å². The number of carbonyl (C=O) groups is 1. The number of aromatic nitrogens is 3. The standard InChI is InChI=1S/C17H30N3O8P/c1-10(2)27-29(23,28-11(3)4)16(22)14-13(25-17(5,6)26-14)9-20-8-12(18-19-20)15(21)24-7/h8,10-11,13-14,16,22H,9H2,1-7H3/t13-,14+,16-/m0/s1. The summed E-state index contributed by atoms with van der Waals surface area (Å²) in [4.78, 5) is 11.6. The predicted octanol–water partition coefficient (Wildman–Crippen LogP) is 1.95. The lowest BCUT2D eigenvalue weighted by atomic mass is 10.2. The summed E-state index contributed by atoms with van der Waals surface area (Å²) in [5.41, 5.74) is 0.0275. The maximum absolute atomic E-state index is 13.3. The summed E-state index contributed by atoms with van der Waals surface area (Å²) in [6.07, 6.45) is -1.29. The quantitative estimate of drug-likeness (QED) is 0.453. The van der Waals surface area contributed by atoms with Gasteiger partial charge in [-0.15, -0.1) is 5.10 Å². The third kappa shape index (κ3) is 6.07. The molecule has 166 valence electrons. The van der Waals surface area contributed by atoms with Crippen LogP contribution in [0.4, 0.5) is 0 Å². The largest absolute Gasteiger partial charge is 0.464 e. The van der Waals surface area contributed by atoms with Crippen molar-refractivity contribution in [2.75, 3.05) is 7.11 Å². The van der Waals surface area contributed by atoms with Crippen molar-refractivity contribution in [3.8, 4) is 0 Å². The molecule has 0 unspecified atom stereocenters. The molecule has 1 aromatic heterocycles. The summed E-state index contributed by atoms with van der Waals surface area (Å²) in [6, 6.07) is 0. The molecule has 3 atom stereocenters. The molecule has 1 saturated heterocycles. The Balaban J connectivity index is 2.26. The molecule has 1 aliphatic heterocycles. The van der Waals surface area contributed by atoms with Gasteiger partial charge in [0, 0.05) is 0 Å². The van der Waals surface area contributed by atoms with Crippen LogP contribution in [-0.2, 0) is 34.4 Å². The first-order valence-electron chi connectivity index (χ1n) is 9.35. The third-order valence-electron chi connectivity index (χ3n) is 3.86. The van der Waals surface area contributed by atoms with Gasteiger partial charge < -0.3 is 28.4 Å². The molecule has 0 bridgehead atoms. The number of nitrogens with zero attached hydrogens (tertiary/aromatic N) is 3. The average Bonchev–Trinajstić information content (AvgIpc) is 3.16. The summed E-state index contributed by atoms with van der Waals surface area (Å²) in [6.45, 7) is 10.2. The highest BCUT2D eigenvalue weighted by Crippen LogP contribution is 2.57. The van der Waals surface area contributed by atoms with E-state index in [4.69, 9.17) is 18.5 Å². The number of aliphatic hydroxyl groups is 1. The van der Waals surface area contributed by atoms with E-state index in [0.717, 1.165) is 0 Å². The Labute approximate surface area is 170 Å². The summed E-state index contributed by atoms with van der Waals surface area (Å²) < 4.78 is 42.0. The van der Waals surface area contributed by atoms with Crippen LogP contribution in [0.1, 0.15) is 52.0 Å². The highest BCUT2D eigenvalue weighted by atomic mass is 31.2. The smallest absolute Gasteiger partial charge is 0.362 e. The number of hydrogen-bond acceptors (Lipinski definition) is 10. The Bertz CT molecular complexity index is 737. The number of methoxy groups -OCH3 is 1. The van der Waals surface area contributed by atoms with Crippen LogP contribution in [0.3, 0.4) is 0 Å². The highest BCUT2D eigenvalue weighted by molar-refractivity contribution is 7.54. The first-order valence-corrected chi connectivity index (χ1v) is 11.0. The molecule has 0 saturated carbocycles. The number of aliphatic hydroxyl groups excluding tert-OH is 1. The normalized spacial score (nSPS) is 23.0. The number of hydrogen-bond donors (Lipinski definition) is 1. The van der Waals surface area contributed by atoms with Crippen molar-refractivity contribution in [1.82, 2.24) is 15.0 Å². The van der Waals surface area contributed by atoms with E-state index in [1.807, 2.05) is 0 Å². The zero-order valence-corrected chi connectivity index (χ0v) is 18.7. The molecule has 0 amide bonds. The monoisotopic (exact) mass is 435 g/mol. The Morgan fingerprint density at radius 3 is 2.38 bits per heavy atom. The topological polar surface area (TPSA) is 131 Å². The van der Waals surface area contributed by atoms with Crippen molar-refractivity contribution >= 4 is 13.6 Å². The van der Waals surface area contributed by atoms with E-state index in [2.05, 4.69) is 15.0 Å². The molecule has 11 nitrogen and oxygen atoms in total. The van der Waals surface area contributed by atoms with Crippen LogP contribution in [0.15, 0.2) is 6.20 Å². The molecule has 1 fully saturated rings. The summed E-state index contributed by atoms with van der Waals surface area (Å²) in [5.74, 6) is -3.28. The van der Waals surface area contributed by atoms with Gasteiger partial charge in [0.1, 0.15) is 12.2 Å². The molecule has 2 heterocycles. The minimum absolute atomic E-state index is 0.0275. The van der Waals surface area contributed by atoms with E-state index >= 15 is 0 Å². The molecule has 12 heteroatoms. The number of esters is 1. The van der Waals surface area contributed by atoms with Crippen LogP contribution in [0.25, 0.3) is 0 Å². The van der Waals surface area contributed by atoms with Gasteiger partial charge in [-0.25, -0.2) is 9.48 Å². The minimum atomic E-state index is -3.95. The Morgan fingerprint density at radius 2 is 1.86 bits per heavy atom. The lowest BCUT2D eigenvalue weighted by molar-refractivity contribution is -0.152. The van der Waals surface area contributed by atoms with Crippen LogP contribution in [0, 0.1) is 0 Å². The molecule has 0 aliphatic carbocycles. The number of ether oxygens (including phenoxy) is 3. The fraction of sp³-hybridized carbons (Fsp3) is 0.824. The van der Waals surface area contributed by atoms with Crippen LogP contribution >= 0.6 is 7.60 Å². The molecular formula is C17H30N3O8P. The lowest BCUT2D eigenvalue weighted by Gasteiger charge is -2.31. The molecule has 1 N–H and O–H groups in total. The zero-order chi connectivity index (χ0) is 22.0. The van der Waals surface area contributed by atoms with E-state index in [1.165, 1.54) is 18.0 Å². The first kappa shape index (κ1) is 23.9. The highest BCUT2D eigenvalue weighted by Gasteiger charge is 2.52. The second kappa shape index (κ2) is 9.20. The van der Waals surface area contributed by atoms with Crippen LogP contribution < -0.4 is 0 Å². The fourth-order valence-electron chi connectivity index (χ4n) is 2.94. The van der Waals surface area contributed by atoms with Crippen molar-refractivity contribution in [3.05, 3.63) is 11.9 Å². The maximum Gasteiger partial charge on any atom is 0.362 e. The summed E-state index contributed by atoms with van der Waals surface area (Å²) >= 11 is 0. The Kier molecular flexibility index (Phi) is 7.58. The second-order valence-electron chi connectivity index (χ2n) is 7.72. The minimum Gasteiger partial charge on any atom is -0.464 e. The Morgan fingerprint density at radius 1 is 1.28 bits per heavy atom. The summed E-state index contributed by atoms with van der Waals surface area (Å²) in [5, 5.41) is 18.5. The van der Waals surface area contributed by atoms with E-state index < -0.39 is 49.6 Å². The second-order valence-corrected chi connectivity index (χ2v) is 9.75.